The van der Waals surface area contributed by atoms with Gasteiger partial charge in [-0.3, -0.25) is 14.6 Å². The summed E-state index contributed by atoms with van der Waals surface area (Å²) in [6.07, 6.45) is 3.88. The molecule has 0 radical (unpaired) electrons. The minimum Gasteiger partial charge on any atom is -0.345 e. The number of nitrogens with zero attached hydrogens (tertiary/aromatic N) is 4. The Labute approximate surface area is 167 Å². The average molecular weight is 395 g/mol. The third kappa shape index (κ3) is 5.04. The van der Waals surface area contributed by atoms with E-state index in [1.54, 1.807) is 12.4 Å². The van der Waals surface area contributed by atoms with E-state index in [0.29, 0.717) is 17.4 Å². The molecule has 1 aromatic carbocycles. The van der Waals surface area contributed by atoms with Gasteiger partial charge in [0.25, 0.3) is 0 Å². The molecule has 1 N–H and O–H groups in total. The minimum atomic E-state index is -0.541. The second-order valence-corrected chi connectivity index (χ2v) is 7.26. The molecule has 0 saturated carbocycles. The number of hydrogen-bond donors (Lipinski definition) is 1. The van der Waals surface area contributed by atoms with Crippen LogP contribution in [0.3, 0.4) is 0 Å². The largest absolute Gasteiger partial charge is 0.345 e. The van der Waals surface area contributed by atoms with E-state index in [2.05, 4.69) is 20.5 Å². The molecule has 0 aliphatic carbocycles. The molecule has 0 spiro atoms. The Kier molecular flexibility index (Phi) is 6.54. The van der Waals surface area contributed by atoms with Crippen LogP contribution in [0.4, 0.5) is 0 Å². The van der Waals surface area contributed by atoms with Gasteiger partial charge in [-0.15, -0.1) is 10.2 Å². The van der Waals surface area contributed by atoms with Crippen molar-refractivity contribution in [2.45, 2.75) is 24.5 Å². The Balaban J connectivity index is 1.59. The highest BCUT2D eigenvalue weighted by Crippen LogP contribution is 2.21. The summed E-state index contributed by atoms with van der Waals surface area (Å²) in [5.74, 6) is 0.547. The molecule has 0 bridgehead atoms. The van der Waals surface area contributed by atoms with E-state index in [4.69, 9.17) is 0 Å². The number of benzene rings is 1. The minimum absolute atomic E-state index is 0.0697. The van der Waals surface area contributed by atoms with Crippen LogP contribution in [0.1, 0.15) is 12.5 Å². The zero-order valence-corrected chi connectivity index (χ0v) is 16.5. The van der Waals surface area contributed by atoms with Gasteiger partial charge in [0.15, 0.2) is 16.8 Å². The molecule has 0 fully saturated rings. The monoisotopic (exact) mass is 395 g/mol. The lowest BCUT2D eigenvalue weighted by molar-refractivity contribution is -0.125. The second-order valence-electron chi connectivity index (χ2n) is 6.32. The van der Waals surface area contributed by atoms with Gasteiger partial charge in [-0.2, -0.15) is 0 Å². The third-order valence-corrected chi connectivity index (χ3v) is 5.22. The molecule has 0 aliphatic rings. The van der Waals surface area contributed by atoms with E-state index in [0.717, 1.165) is 11.1 Å². The molecule has 144 valence electrons. The number of rotatable bonds is 8. The molecule has 1 unspecified atom stereocenters. The third-order valence-electron chi connectivity index (χ3n) is 4.20. The van der Waals surface area contributed by atoms with Crippen molar-refractivity contribution in [2.75, 3.05) is 5.75 Å². The van der Waals surface area contributed by atoms with Crippen LogP contribution in [0.2, 0.25) is 0 Å². The number of amides is 1. The van der Waals surface area contributed by atoms with Crippen LogP contribution in [0.15, 0.2) is 60.0 Å². The van der Waals surface area contributed by atoms with Gasteiger partial charge < -0.3 is 9.88 Å². The van der Waals surface area contributed by atoms with Crippen LogP contribution in [-0.4, -0.2) is 43.2 Å². The summed E-state index contributed by atoms with van der Waals surface area (Å²) in [4.78, 5) is 28.4. The number of ketones is 1. The normalized spacial score (nSPS) is 11.8. The first kappa shape index (κ1) is 19.8. The number of aromatic nitrogens is 4. The number of Topliss-reactive ketones (excluding diaryl/α,β-unsaturated/α-hetero) is 1. The van der Waals surface area contributed by atoms with Crippen LogP contribution in [0, 0.1) is 0 Å². The molecular weight excluding hydrogens is 374 g/mol. The highest BCUT2D eigenvalue weighted by molar-refractivity contribution is 7.99. The molecule has 3 rings (SSSR count). The fourth-order valence-electron chi connectivity index (χ4n) is 2.70. The molecule has 1 atom stereocenters. The topological polar surface area (TPSA) is 89.8 Å². The van der Waals surface area contributed by atoms with E-state index in [-0.39, 0.29) is 17.4 Å². The first-order valence-corrected chi connectivity index (χ1v) is 9.79. The van der Waals surface area contributed by atoms with Crippen molar-refractivity contribution in [1.29, 1.82) is 0 Å². The van der Waals surface area contributed by atoms with Crippen molar-refractivity contribution in [1.82, 2.24) is 25.1 Å². The second kappa shape index (κ2) is 9.27. The molecule has 8 heteroatoms. The quantitative estimate of drug-likeness (QED) is 0.589. The van der Waals surface area contributed by atoms with Gasteiger partial charge in [0.2, 0.25) is 5.91 Å². The van der Waals surface area contributed by atoms with Crippen molar-refractivity contribution < 1.29 is 9.59 Å². The van der Waals surface area contributed by atoms with Gasteiger partial charge >= 0.3 is 0 Å². The van der Waals surface area contributed by atoms with Gasteiger partial charge in [0.1, 0.15) is 0 Å². The molecule has 7 nitrogen and oxygen atoms in total. The van der Waals surface area contributed by atoms with Gasteiger partial charge in [0, 0.05) is 25.0 Å². The first-order chi connectivity index (χ1) is 13.5. The van der Waals surface area contributed by atoms with Gasteiger partial charge in [0.05, 0.1) is 11.8 Å². The number of pyridine rings is 1. The maximum atomic E-state index is 12.4. The molecule has 0 saturated heterocycles. The van der Waals surface area contributed by atoms with Crippen LogP contribution in [-0.2, 0) is 23.1 Å². The summed E-state index contributed by atoms with van der Waals surface area (Å²) in [6, 6.07) is 12.8. The number of carbonyl (C=O) groups excluding carboxylic acids is 2. The summed E-state index contributed by atoms with van der Waals surface area (Å²) in [7, 11) is 1.84. The zero-order valence-electron chi connectivity index (χ0n) is 15.7. The van der Waals surface area contributed by atoms with Crippen molar-refractivity contribution in [3.05, 3.63) is 60.4 Å². The maximum Gasteiger partial charge on any atom is 0.231 e. The van der Waals surface area contributed by atoms with E-state index < -0.39 is 6.04 Å². The lowest BCUT2D eigenvalue weighted by Gasteiger charge is -2.16. The lowest BCUT2D eigenvalue weighted by atomic mass is 10.0. The predicted octanol–water partition coefficient (Wildman–Crippen LogP) is 2.29. The van der Waals surface area contributed by atoms with Crippen LogP contribution >= 0.6 is 11.8 Å². The Morgan fingerprint density at radius 3 is 2.61 bits per heavy atom. The predicted molar refractivity (Wildman–Crippen MR) is 108 cm³/mol. The van der Waals surface area contributed by atoms with E-state index in [1.165, 1.54) is 18.7 Å². The summed E-state index contributed by atoms with van der Waals surface area (Å²) in [5.41, 5.74) is 1.86. The van der Waals surface area contributed by atoms with Gasteiger partial charge in [-0.05, 0) is 31.0 Å². The molecule has 28 heavy (non-hydrogen) atoms. The first-order valence-electron chi connectivity index (χ1n) is 8.81. The fraction of sp³-hybridized carbons (Fsp3) is 0.250. The number of thioether (sulfide) groups is 1. The maximum absolute atomic E-state index is 12.4. The summed E-state index contributed by atoms with van der Waals surface area (Å²) in [6.45, 7) is 1.49. The Morgan fingerprint density at radius 2 is 1.93 bits per heavy atom. The fourth-order valence-corrected chi connectivity index (χ4v) is 3.42. The molecule has 2 aromatic heterocycles. The van der Waals surface area contributed by atoms with E-state index in [1.807, 2.05) is 54.1 Å². The van der Waals surface area contributed by atoms with Gasteiger partial charge in [-0.25, -0.2) is 0 Å². The standard InChI is InChI=1S/C20H21N5O2S/c1-14(26)17(11-15-7-4-3-5-8-15)22-18(27)13-28-20-24-23-19(25(20)2)16-9-6-10-21-12-16/h3-10,12,17H,11,13H2,1-2H3,(H,22,27). The summed E-state index contributed by atoms with van der Waals surface area (Å²) >= 11 is 1.28. The lowest BCUT2D eigenvalue weighted by Crippen LogP contribution is -2.42. The molecule has 0 aliphatic heterocycles. The number of carbonyl (C=O) groups is 2. The number of nitrogens with one attached hydrogen (secondary N) is 1. The van der Waals surface area contributed by atoms with Crippen molar-refractivity contribution >= 4 is 23.5 Å². The highest BCUT2D eigenvalue weighted by atomic mass is 32.2. The summed E-state index contributed by atoms with van der Waals surface area (Å²) < 4.78 is 1.82. The smallest absolute Gasteiger partial charge is 0.231 e. The van der Waals surface area contributed by atoms with Crippen molar-refractivity contribution in [3.63, 3.8) is 0 Å². The zero-order chi connectivity index (χ0) is 19.9. The number of hydrogen-bond acceptors (Lipinski definition) is 6. The average Bonchev–Trinajstić information content (AvgIpc) is 3.07. The van der Waals surface area contributed by atoms with E-state index in [9.17, 15) is 9.59 Å². The van der Waals surface area contributed by atoms with Crippen LogP contribution in [0.25, 0.3) is 11.4 Å². The van der Waals surface area contributed by atoms with Crippen molar-refractivity contribution in [2.24, 2.45) is 7.05 Å². The molecule has 3 aromatic rings. The van der Waals surface area contributed by atoms with Gasteiger partial charge in [-0.1, -0.05) is 42.1 Å². The van der Waals surface area contributed by atoms with E-state index >= 15 is 0 Å². The molecule has 1 amide bonds. The Bertz CT molecular complexity index is 944. The molecule has 2 heterocycles. The Morgan fingerprint density at radius 1 is 1.14 bits per heavy atom. The SMILES string of the molecule is CC(=O)C(Cc1ccccc1)NC(=O)CSc1nnc(-c2cccnc2)n1C. The Hall–Kier alpha value is -3.00. The highest BCUT2D eigenvalue weighted by Gasteiger charge is 2.19. The van der Waals surface area contributed by atoms with Crippen LogP contribution in [0.5, 0.6) is 0 Å². The summed E-state index contributed by atoms with van der Waals surface area (Å²) in [5, 5.41) is 11.8. The van der Waals surface area contributed by atoms with Crippen LogP contribution < -0.4 is 5.32 Å². The molecular formula is C20H21N5O2S. The van der Waals surface area contributed by atoms with Crippen molar-refractivity contribution in [3.8, 4) is 11.4 Å².